The number of nitrogens with zero attached hydrogens (tertiary/aromatic N) is 2. The number of aromatic nitrogens is 2. The zero-order chi connectivity index (χ0) is 8.48. The van der Waals surface area contributed by atoms with Crippen LogP contribution < -0.4 is 5.73 Å². The average Bonchev–Trinajstić information content (AvgIpc) is 2.10. The topological polar surface area (TPSA) is 43.8 Å². The molecule has 0 saturated heterocycles. The summed E-state index contributed by atoms with van der Waals surface area (Å²) in [7, 11) is 0. The quantitative estimate of drug-likeness (QED) is 0.701. The summed E-state index contributed by atoms with van der Waals surface area (Å²) in [4.78, 5) is 0. The summed E-state index contributed by atoms with van der Waals surface area (Å²) in [5.74, 6) is 0. The van der Waals surface area contributed by atoms with Crippen molar-refractivity contribution in [2.75, 3.05) is 5.73 Å². The second-order valence-corrected chi connectivity index (χ2v) is 3.19. The zero-order valence-corrected chi connectivity index (χ0v) is 6.71. The van der Waals surface area contributed by atoms with Gasteiger partial charge in [-0.25, -0.2) is 4.39 Å². The third-order valence-corrected chi connectivity index (χ3v) is 1.19. The Labute approximate surface area is 65.0 Å². The number of nitrogens with two attached hydrogens (primary N) is 1. The van der Waals surface area contributed by atoms with Gasteiger partial charge in [0.05, 0.1) is 18.4 Å². The van der Waals surface area contributed by atoms with Crippen LogP contribution in [-0.2, 0) is 6.54 Å². The highest BCUT2D eigenvalue weighted by atomic mass is 19.1. The minimum Gasteiger partial charge on any atom is -0.396 e. The number of anilines is 1. The van der Waals surface area contributed by atoms with Gasteiger partial charge >= 0.3 is 0 Å². The van der Waals surface area contributed by atoms with Gasteiger partial charge in [-0.15, -0.1) is 0 Å². The Balaban J connectivity index is 2.65. The number of halogens is 1. The summed E-state index contributed by atoms with van der Waals surface area (Å²) in [6, 6.07) is 0. The van der Waals surface area contributed by atoms with Gasteiger partial charge in [0.1, 0.15) is 5.67 Å². The van der Waals surface area contributed by atoms with Gasteiger partial charge in [0.2, 0.25) is 0 Å². The second-order valence-electron chi connectivity index (χ2n) is 3.19. The first-order chi connectivity index (χ1) is 4.97. The van der Waals surface area contributed by atoms with Gasteiger partial charge in [-0.1, -0.05) is 0 Å². The molecule has 0 radical (unpaired) electrons. The van der Waals surface area contributed by atoms with Crippen molar-refractivity contribution in [3.8, 4) is 0 Å². The van der Waals surface area contributed by atoms with Crippen LogP contribution in [0.4, 0.5) is 10.1 Å². The summed E-state index contributed by atoms with van der Waals surface area (Å²) >= 11 is 0. The number of alkyl halides is 1. The van der Waals surface area contributed by atoms with Crippen LogP contribution in [0.15, 0.2) is 12.4 Å². The van der Waals surface area contributed by atoms with Gasteiger partial charge in [-0.05, 0) is 13.8 Å². The van der Waals surface area contributed by atoms with E-state index in [0.29, 0.717) is 5.69 Å². The van der Waals surface area contributed by atoms with Gasteiger partial charge in [0.15, 0.2) is 0 Å². The first-order valence-corrected chi connectivity index (χ1v) is 3.44. The lowest BCUT2D eigenvalue weighted by atomic mass is 10.2. The summed E-state index contributed by atoms with van der Waals surface area (Å²) < 4.78 is 14.5. The first kappa shape index (κ1) is 8.04. The number of hydrogen-bond acceptors (Lipinski definition) is 2. The third kappa shape index (κ3) is 2.57. The summed E-state index contributed by atoms with van der Waals surface area (Å²) in [6.45, 7) is 3.25. The first-order valence-electron chi connectivity index (χ1n) is 3.44. The molecule has 11 heavy (non-hydrogen) atoms. The van der Waals surface area contributed by atoms with Crippen LogP contribution in [-0.4, -0.2) is 15.4 Å². The van der Waals surface area contributed by atoms with E-state index >= 15 is 0 Å². The maximum Gasteiger partial charge on any atom is 0.124 e. The van der Waals surface area contributed by atoms with Crippen molar-refractivity contribution in [2.24, 2.45) is 0 Å². The molecule has 0 aliphatic carbocycles. The molecule has 0 unspecified atom stereocenters. The standard InChI is InChI=1S/C7H12FN3/c1-7(2,8)5-11-4-6(9)3-10-11/h3-4H,5,9H2,1-2H3. The van der Waals surface area contributed by atoms with E-state index < -0.39 is 5.67 Å². The fourth-order valence-corrected chi connectivity index (χ4v) is 0.851. The number of nitrogen functional groups attached to an aromatic ring is 1. The largest absolute Gasteiger partial charge is 0.396 e. The maximum absolute atomic E-state index is 13.0. The van der Waals surface area contributed by atoms with Crippen molar-refractivity contribution in [3.63, 3.8) is 0 Å². The Kier molecular flexibility index (Phi) is 1.85. The number of hydrogen-bond donors (Lipinski definition) is 1. The molecule has 2 N–H and O–H groups in total. The summed E-state index contributed by atoms with van der Waals surface area (Å²) in [5.41, 5.74) is 4.72. The smallest absolute Gasteiger partial charge is 0.124 e. The van der Waals surface area contributed by atoms with Crippen LogP contribution in [0.5, 0.6) is 0 Å². The molecule has 1 aromatic rings. The van der Waals surface area contributed by atoms with Crippen molar-refractivity contribution >= 4 is 5.69 Å². The average molecular weight is 157 g/mol. The molecule has 62 valence electrons. The molecule has 1 aromatic heterocycles. The van der Waals surface area contributed by atoms with Crippen molar-refractivity contribution in [2.45, 2.75) is 26.1 Å². The lowest BCUT2D eigenvalue weighted by Gasteiger charge is -2.12. The fourth-order valence-electron chi connectivity index (χ4n) is 0.851. The van der Waals surface area contributed by atoms with Crippen molar-refractivity contribution < 1.29 is 4.39 Å². The molecular weight excluding hydrogens is 145 g/mol. The highest BCUT2D eigenvalue weighted by Crippen LogP contribution is 2.11. The van der Waals surface area contributed by atoms with E-state index in [4.69, 9.17) is 5.73 Å². The van der Waals surface area contributed by atoms with E-state index in [0.717, 1.165) is 0 Å². The molecular formula is C7H12FN3. The molecule has 3 nitrogen and oxygen atoms in total. The van der Waals surface area contributed by atoms with Gasteiger partial charge in [0.25, 0.3) is 0 Å². The molecule has 0 aliphatic rings. The molecule has 0 fully saturated rings. The molecule has 0 atom stereocenters. The predicted octanol–water partition coefficient (Wildman–Crippen LogP) is 1.21. The van der Waals surface area contributed by atoms with E-state index in [-0.39, 0.29) is 6.54 Å². The summed E-state index contributed by atoms with van der Waals surface area (Å²) in [5, 5.41) is 3.85. The fraction of sp³-hybridized carbons (Fsp3) is 0.571. The normalized spacial score (nSPS) is 11.9. The molecule has 0 aromatic carbocycles. The number of rotatable bonds is 2. The second kappa shape index (κ2) is 2.53. The van der Waals surface area contributed by atoms with Crippen LogP contribution in [0.1, 0.15) is 13.8 Å². The van der Waals surface area contributed by atoms with Gasteiger partial charge in [-0.3, -0.25) is 4.68 Å². The van der Waals surface area contributed by atoms with Crippen LogP contribution >= 0.6 is 0 Å². The third-order valence-electron chi connectivity index (χ3n) is 1.19. The molecule has 0 spiro atoms. The van der Waals surface area contributed by atoms with Crippen LogP contribution in [0.2, 0.25) is 0 Å². The zero-order valence-electron chi connectivity index (χ0n) is 6.71. The van der Waals surface area contributed by atoms with E-state index in [1.807, 2.05) is 0 Å². The van der Waals surface area contributed by atoms with Crippen molar-refractivity contribution in [1.29, 1.82) is 0 Å². The minimum atomic E-state index is -1.24. The SMILES string of the molecule is CC(C)(F)Cn1cc(N)cn1. The van der Waals surface area contributed by atoms with Crippen LogP contribution in [0.25, 0.3) is 0 Å². The van der Waals surface area contributed by atoms with E-state index in [9.17, 15) is 4.39 Å². The van der Waals surface area contributed by atoms with Crippen molar-refractivity contribution in [3.05, 3.63) is 12.4 Å². The Bertz CT molecular complexity index is 236. The monoisotopic (exact) mass is 157 g/mol. The van der Waals surface area contributed by atoms with Gasteiger partial charge in [0, 0.05) is 6.20 Å². The Morgan fingerprint density at radius 3 is 2.73 bits per heavy atom. The Hall–Kier alpha value is -1.06. The molecule has 0 aliphatic heterocycles. The highest BCUT2D eigenvalue weighted by molar-refractivity contribution is 5.30. The molecule has 4 heteroatoms. The van der Waals surface area contributed by atoms with Crippen LogP contribution in [0, 0.1) is 0 Å². The molecule has 0 amide bonds. The predicted molar refractivity (Wildman–Crippen MR) is 41.8 cm³/mol. The lowest BCUT2D eigenvalue weighted by Crippen LogP contribution is -2.21. The maximum atomic E-state index is 13.0. The van der Waals surface area contributed by atoms with E-state index in [2.05, 4.69) is 5.10 Å². The molecule has 1 rings (SSSR count). The summed E-state index contributed by atoms with van der Waals surface area (Å²) in [6.07, 6.45) is 3.12. The Morgan fingerprint density at radius 1 is 1.73 bits per heavy atom. The van der Waals surface area contributed by atoms with Gasteiger partial charge < -0.3 is 5.73 Å². The minimum absolute atomic E-state index is 0.240. The van der Waals surface area contributed by atoms with Crippen LogP contribution in [0.3, 0.4) is 0 Å². The molecule has 0 saturated carbocycles. The molecule has 0 bridgehead atoms. The van der Waals surface area contributed by atoms with E-state index in [1.165, 1.54) is 24.7 Å². The lowest BCUT2D eigenvalue weighted by molar-refractivity contribution is 0.179. The van der Waals surface area contributed by atoms with Crippen molar-refractivity contribution in [1.82, 2.24) is 9.78 Å². The van der Waals surface area contributed by atoms with Gasteiger partial charge in [-0.2, -0.15) is 5.10 Å². The van der Waals surface area contributed by atoms with E-state index in [1.54, 1.807) is 6.20 Å². The highest BCUT2D eigenvalue weighted by Gasteiger charge is 2.16. The molecule has 1 heterocycles. The Morgan fingerprint density at radius 2 is 2.36 bits per heavy atom.